The van der Waals surface area contributed by atoms with Crippen molar-refractivity contribution in [2.75, 3.05) is 0 Å². The monoisotopic (exact) mass is 343 g/mol. The van der Waals surface area contributed by atoms with E-state index in [0.29, 0.717) is 20.8 Å². The average Bonchev–Trinajstić information content (AvgIpc) is 2.70. The lowest BCUT2D eigenvalue weighted by atomic mass is 9.75. The number of benzene rings is 1. The summed E-state index contributed by atoms with van der Waals surface area (Å²) in [4.78, 5) is 0. The van der Waals surface area contributed by atoms with E-state index >= 15 is 0 Å². The Labute approximate surface area is 139 Å². The fourth-order valence-corrected chi connectivity index (χ4v) is 4.10. The van der Waals surface area contributed by atoms with Gasteiger partial charge in [-0.05, 0) is 36.5 Å². The van der Waals surface area contributed by atoms with Crippen LogP contribution in [-0.4, -0.2) is 9.67 Å². The summed E-state index contributed by atoms with van der Waals surface area (Å²) >= 11 is 18.6. The lowest BCUT2D eigenvalue weighted by molar-refractivity contribution is 0.0987. The summed E-state index contributed by atoms with van der Waals surface area (Å²) in [5.41, 5.74) is 2.77. The van der Waals surface area contributed by atoms with E-state index in [1.165, 1.54) is 0 Å². The predicted octanol–water partition coefficient (Wildman–Crippen LogP) is 5.44. The SMILES string of the molecule is CC1(C)Cc2c(ccn2-c2c(Cl)cc(Cl)cc2Cl)C(O)C1. The zero-order valence-electron chi connectivity index (χ0n) is 11.8. The van der Waals surface area contributed by atoms with Crippen molar-refractivity contribution in [1.29, 1.82) is 0 Å². The molecule has 0 fully saturated rings. The largest absolute Gasteiger partial charge is 0.388 e. The van der Waals surface area contributed by atoms with E-state index < -0.39 is 6.10 Å². The fraction of sp³-hybridized carbons (Fsp3) is 0.375. The van der Waals surface area contributed by atoms with Gasteiger partial charge >= 0.3 is 0 Å². The summed E-state index contributed by atoms with van der Waals surface area (Å²) in [6, 6.07) is 5.30. The Balaban J connectivity index is 2.19. The van der Waals surface area contributed by atoms with Gasteiger partial charge in [-0.3, -0.25) is 0 Å². The number of nitrogens with zero attached hydrogens (tertiary/aromatic N) is 1. The van der Waals surface area contributed by atoms with Crippen LogP contribution in [0, 0.1) is 5.41 Å². The van der Waals surface area contributed by atoms with Crippen LogP contribution in [0.3, 0.4) is 0 Å². The number of rotatable bonds is 1. The first-order valence-electron chi connectivity index (χ1n) is 6.81. The van der Waals surface area contributed by atoms with E-state index in [1.807, 2.05) is 16.8 Å². The molecule has 0 amide bonds. The quantitative estimate of drug-likeness (QED) is 0.731. The van der Waals surface area contributed by atoms with Gasteiger partial charge in [0.2, 0.25) is 0 Å². The summed E-state index contributed by atoms with van der Waals surface area (Å²) in [6.07, 6.45) is 3.08. The second kappa shape index (κ2) is 5.20. The maximum Gasteiger partial charge on any atom is 0.0829 e. The molecule has 0 radical (unpaired) electrons. The highest BCUT2D eigenvalue weighted by Gasteiger charge is 2.34. The molecular formula is C16H16Cl3NO. The van der Waals surface area contributed by atoms with E-state index in [9.17, 15) is 5.11 Å². The number of halogens is 3. The highest BCUT2D eigenvalue weighted by atomic mass is 35.5. The van der Waals surface area contributed by atoms with E-state index in [-0.39, 0.29) is 5.41 Å². The molecule has 2 aromatic rings. The van der Waals surface area contributed by atoms with Gasteiger partial charge in [0, 0.05) is 22.5 Å². The van der Waals surface area contributed by atoms with Gasteiger partial charge in [-0.15, -0.1) is 0 Å². The first kappa shape index (κ1) is 15.2. The van der Waals surface area contributed by atoms with Crippen molar-refractivity contribution >= 4 is 34.8 Å². The number of aliphatic hydroxyl groups is 1. The minimum absolute atomic E-state index is 0.0356. The minimum Gasteiger partial charge on any atom is -0.388 e. The van der Waals surface area contributed by atoms with Crippen LogP contribution in [0.4, 0.5) is 0 Å². The molecule has 21 heavy (non-hydrogen) atoms. The molecule has 1 unspecified atom stereocenters. The maximum atomic E-state index is 10.3. The molecule has 1 aromatic carbocycles. The third kappa shape index (κ3) is 2.70. The Morgan fingerprint density at radius 2 is 1.81 bits per heavy atom. The molecule has 1 N–H and O–H groups in total. The summed E-state index contributed by atoms with van der Waals surface area (Å²) in [6.45, 7) is 4.31. The van der Waals surface area contributed by atoms with Crippen molar-refractivity contribution in [3.8, 4) is 5.69 Å². The zero-order valence-corrected chi connectivity index (χ0v) is 14.1. The lowest BCUT2D eigenvalue weighted by Crippen LogP contribution is -2.26. The molecule has 0 saturated carbocycles. The lowest BCUT2D eigenvalue weighted by Gasteiger charge is -2.34. The molecule has 1 aromatic heterocycles. The molecule has 2 nitrogen and oxygen atoms in total. The molecule has 0 bridgehead atoms. The Morgan fingerprint density at radius 3 is 2.43 bits per heavy atom. The number of aliphatic hydroxyl groups excluding tert-OH is 1. The third-order valence-corrected chi connectivity index (χ3v) is 4.80. The van der Waals surface area contributed by atoms with Crippen molar-refractivity contribution < 1.29 is 5.11 Å². The second-order valence-electron chi connectivity index (χ2n) is 6.37. The van der Waals surface area contributed by atoms with E-state index in [2.05, 4.69) is 13.8 Å². The van der Waals surface area contributed by atoms with Crippen LogP contribution in [0.15, 0.2) is 24.4 Å². The number of fused-ring (bicyclic) bond motifs is 1. The molecule has 1 aliphatic rings. The highest BCUT2D eigenvalue weighted by Crippen LogP contribution is 2.43. The summed E-state index contributed by atoms with van der Waals surface area (Å²) in [5.74, 6) is 0. The number of hydrogen-bond donors (Lipinski definition) is 1. The normalized spacial score (nSPS) is 20.4. The minimum atomic E-state index is -0.449. The molecular weight excluding hydrogens is 329 g/mol. The molecule has 3 rings (SSSR count). The van der Waals surface area contributed by atoms with Crippen LogP contribution in [0.2, 0.25) is 15.1 Å². The van der Waals surface area contributed by atoms with Crippen LogP contribution in [0.1, 0.15) is 37.6 Å². The molecule has 5 heteroatoms. The van der Waals surface area contributed by atoms with E-state index in [4.69, 9.17) is 34.8 Å². The molecule has 0 aliphatic heterocycles. The van der Waals surface area contributed by atoms with Crippen molar-refractivity contribution in [2.45, 2.75) is 32.8 Å². The van der Waals surface area contributed by atoms with Gasteiger partial charge in [-0.25, -0.2) is 0 Å². The van der Waals surface area contributed by atoms with Gasteiger partial charge in [0.15, 0.2) is 0 Å². The van der Waals surface area contributed by atoms with Gasteiger partial charge < -0.3 is 9.67 Å². The van der Waals surface area contributed by atoms with E-state index in [1.54, 1.807) is 12.1 Å². The average molecular weight is 345 g/mol. The van der Waals surface area contributed by atoms with Crippen LogP contribution in [-0.2, 0) is 6.42 Å². The first-order valence-corrected chi connectivity index (χ1v) is 7.95. The van der Waals surface area contributed by atoms with Crippen molar-refractivity contribution in [3.63, 3.8) is 0 Å². The molecule has 1 atom stereocenters. The molecule has 0 saturated heterocycles. The Hall–Kier alpha value is -0.670. The van der Waals surface area contributed by atoms with Gasteiger partial charge in [-0.1, -0.05) is 48.7 Å². The zero-order chi connectivity index (χ0) is 15.4. The Morgan fingerprint density at radius 1 is 1.19 bits per heavy atom. The summed E-state index contributed by atoms with van der Waals surface area (Å²) in [5, 5.41) is 11.9. The number of aromatic nitrogens is 1. The third-order valence-electron chi connectivity index (χ3n) is 4.00. The van der Waals surface area contributed by atoms with E-state index in [0.717, 1.165) is 24.1 Å². The van der Waals surface area contributed by atoms with Crippen LogP contribution < -0.4 is 0 Å². The standard InChI is InChI=1S/C16H16Cl3NO/c1-16(2)7-13-10(14(21)8-16)3-4-20(13)15-11(18)5-9(17)6-12(15)19/h3-6,14,21H,7-8H2,1-2H3. The van der Waals surface area contributed by atoms with Crippen molar-refractivity contribution in [3.05, 3.63) is 50.7 Å². The second-order valence-corrected chi connectivity index (χ2v) is 7.62. The van der Waals surface area contributed by atoms with Crippen molar-refractivity contribution in [1.82, 2.24) is 4.57 Å². The fourth-order valence-electron chi connectivity index (χ4n) is 3.10. The van der Waals surface area contributed by atoms with Crippen LogP contribution in [0.25, 0.3) is 5.69 Å². The Bertz CT molecular complexity index is 683. The topological polar surface area (TPSA) is 25.2 Å². The van der Waals surface area contributed by atoms with Crippen molar-refractivity contribution in [2.24, 2.45) is 5.41 Å². The van der Waals surface area contributed by atoms with Gasteiger partial charge in [0.1, 0.15) is 0 Å². The van der Waals surface area contributed by atoms with Crippen LogP contribution >= 0.6 is 34.8 Å². The van der Waals surface area contributed by atoms with Gasteiger partial charge in [0.25, 0.3) is 0 Å². The molecule has 112 valence electrons. The summed E-state index contributed by atoms with van der Waals surface area (Å²) in [7, 11) is 0. The number of hydrogen-bond acceptors (Lipinski definition) is 1. The Kier molecular flexibility index (Phi) is 3.77. The highest BCUT2D eigenvalue weighted by molar-refractivity contribution is 6.40. The summed E-state index contributed by atoms with van der Waals surface area (Å²) < 4.78 is 1.97. The first-order chi connectivity index (χ1) is 9.78. The van der Waals surface area contributed by atoms with Gasteiger partial charge in [0.05, 0.1) is 21.8 Å². The predicted molar refractivity (Wildman–Crippen MR) is 87.9 cm³/mol. The molecule has 1 aliphatic carbocycles. The smallest absolute Gasteiger partial charge is 0.0829 e. The van der Waals surface area contributed by atoms with Crippen LogP contribution in [0.5, 0.6) is 0 Å². The molecule has 1 heterocycles. The maximum absolute atomic E-state index is 10.3. The molecule has 0 spiro atoms. The van der Waals surface area contributed by atoms with Gasteiger partial charge in [-0.2, -0.15) is 0 Å².